The van der Waals surface area contributed by atoms with Gasteiger partial charge in [-0.1, -0.05) is 25.4 Å². The summed E-state index contributed by atoms with van der Waals surface area (Å²) in [5, 5.41) is 3.74. The first-order valence-corrected chi connectivity index (χ1v) is 10.3. The number of hydrogen-bond acceptors (Lipinski definition) is 3. The van der Waals surface area contributed by atoms with Gasteiger partial charge in [0.15, 0.2) is 0 Å². The molecule has 1 aromatic carbocycles. The Kier molecular flexibility index (Phi) is 5.11. The maximum Gasteiger partial charge on any atom is 0.259 e. The number of carbonyl (C=O) groups excluding carboxylic acids is 2. The van der Waals surface area contributed by atoms with Crippen LogP contribution in [0.2, 0.25) is 5.02 Å². The fraction of sp³-hybridized carbons (Fsp3) is 0.409. The predicted octanol–water partition coefficient (Wildman–Crippen LogP) is 4.75. The molecule has 0 saturated carbocycles. The number of anilines is 1. The van der Waals surface area contributed by atoms with E-state index in [1.807, 2.05) is 30.2 Å². The molecule has 0 spiro atoms. The number of hydrogen-bond donors (Lipinski definition) is 1. The highest BCUT2D eigenvalue weighted by atomic mass is 35.5. The van der Waals surface area contributed by atoms with Gasteiger partial charge in [0.1, 0.15) is 0 Å². The lowest BCUT2D eigenvalue weighted by Gasteiger charge is -2.32. The van der Waals surface area contributed by atoms with Crippen LogP contribution in [-0.2, 0) is 11.2 Å². The van der Waals surface area contributed by atoms with Crippen molar-refractivity contribution in [3.8, 4) is 0 Å². The van der Waals surface area contributed by atoms with E-state index >= 15 is 0 Å². The number of nitrogens with zero attached hydrogens (tertiary/aromatic N) is 2. The highest BCUT2D eigenvalue weighted by Gasteiger charge is 2.39. The Morgan fingerprint density at radius 1 is 1.29 bits per heavy atom. The Hall–Kier alpha value is -2.40. The quantitative estimate of drug-likeness (QED) is 0.809. The van der Waals surface area contributed by atoms with Crippen molar-refractivity contribution in [1.29, 1.82) is 0 Å². The summed E-state index contributed by atoms with van der Waals surface area (Å²) in [7, 11) is 0. The average Bonchev–Trinajstić information content (AvgIpc) is 2.98. The number of rotatable bonds is 4. The van der Waals surface area contributed by atoms with E-state index in [9.17, 15) is 9.59 Å². The summed E-state index contributed by atoms with van der Waals surface area (Å²) in [5.41, 5.74) is 4.69. The third-order valence-electron chi connectivity index (χ3n) is 5.80. The van der Waals surface area contributed by atoms with Gasteiger partial charge in [0, 0.05) is 23.2 Å². The molecule has 2 heterocycles. The first-order chi connectivity index (χ1) is 13.5. The zero-order chi connectivity index (χ0) is 19.8. The maximum absolute atomic E-state index is 13.3. The van der Waals surface area contributed by atoms with Crippen LogP contribution in [0.3, 0.4) is 0 Å². The Balaban J connectivity index is 1.77. The molecule has 1 N–H and O–H groups in total. The van der Waals surface area contributed by atoms with Gasteiger partial charge < -0.3 is 5.32 Å². The van der Waals surface area contributed by atoms with Crippen LogP contribution in [0.4, 0.5) is 5.69 Å². The van der Waals surface area contributed by atoms with Crippen molar-refractivity contribution in [2.24, 2.45) is 0 Å². The molecular weight excluding hydrogens is 374 g/mol. The number of aromatic nitrogens is 1. The largest absolute Gasteiger partial charge is 0.349 e. The number of pyridine rings is 1. The summed E-state index contributed by atoms with van der Waals surface area (Å²) < 4.78 is 0. The van der Waals surface area contributed by atoms with E-state index in [0.29, 0.717) is 17.0 Å². The van der Waals surface area contributed by atoms with Crippen molar-refractivity contribution >= 4 is 29.1 Å². The third-order valence-corrected chi connectivity index (χ3v) is 6.03. The minimum absolute atomic E-state index is 0.00608. The molecule has 2 aliphatic rings. The van der Waals surface area contributed by atoms with Gasteiger partial charge in [-0.3, -0.25) is 19.5 Å². The molecule has 2 aromatic rings. The molecule has 1 aromatic heterocycles. The summed E-state index contributed by atoms with van der Waals surface area (Å²) in [6, 6.07) is 5.38. The monoisotopic (exact) mass is 397 g/mol. The van der Waals surface area contributed by atoms with Crippen LogP contribution in [0.15, 0.2) is 30.6 Å². The second kappa shape index (κ2) is 7.55. The van der Waals surface area contributed by atoms with E-state index < -0.39 is 0 Å². The lowest BCUT2D eigenvalue weighted by molar-refractivity contribution is -0.121. The molecule has 4 rings (SSSR count). The van der Waals surface area contributed by atoms with Gasteiger partial charge in [-0.2, -0.15) is 0 Å². The average molecular weight is 398 g/mol. The minimum atomic E-state index is -0.0555. The van der Waals surface area contributed by atoms with E-state index in [-0.39, 0.29) is 23.9 Å². The Morgan fingerprint density at radius 2 is 2.11 bits per heavy atom. The van der Waals surface area contributed by atoms with Crippen molar-refractivity contribution in [3.05, 3.63) is 57.9 Å². The standard InChI is InChI=1S/C22H24ClN3O2/c1-3-19-16-10-13(23)8-9-15(16)22(28)26(19)20-12-24-11-17-14(20)6-5-7-18(17)25-21(27)4-2/h8-12,18-19H,3-7H2,1-2H3,(H,25,27)/t18-,19+/m0/s1. The van der Waals surface area contributed by atoms with E-state index in [2.05, 4.69) is 17.2 Å². The Labute approximate surface area is 170 Å². The molecule has 0 fully saturated rings. The number of carbonyl (C=O) groups is 2. The van der Waals surface area contributed by atoms with Gasteiger partial charge in [0.2, 0.25) is 5.91 Å². The van der Waals surface area contributed by atoms with Crippen molar-refractivity contribution in [2.75, 3.05) is 4.90 Å². The molecule has 1 aliphatic carbocycles. The molecule has 1 aliphatic heterocycles. The highest BCUT2D eigenvalue weighted by Crippen LogP contribution is 2.44. The van der Waals surface area contributed by atoms with Crippen LogP contribution in [0, 0.1) is 0 Å². The summed E-state index contributed by atoms with van der Waals surface area (Å²) in [6.07, 6.45) is 7.61. The molecule has 146 valence electrons. The molecule has 2 atom stereocenters. The summed E-state index contributed by atoms with van der Waals surface area (Å²) >= 11 is 6.20. The molecular formula is C22H24ClN3O2. The summed E-state index contributed by atoms with van der Waals surface area (Å²) in [5.74, 6) is 0.0300. The van der Waals surface area contributed by atoms with Crippen LogP contribution < -0.4 is 10.2 Å². The number of amides is 2. The first kappa shape index (κ1) is 18.9. The predicted molar refractivity (Wildman–Crippen MR) is 110 cm³/mol. The van der Waals surface area contributed by atoms with E-state index in [1.54, 1.807) is 12.3 Å². The zero-order valence-corrected chi connectivity index (χ0v) is 16.9. The summed E-state index contributed by atoms with van der Waals surface area (Å²) in [6.45, 7) is 3.93. The third kappa shape index (κ3) is 3.08. The van der Waals surface area contributed by atoms with Crippen molar-refractivity contribution < 1.29 is 9.59 Å². The van der Waals surface area contributed by atoms with E-state index in [1.165, 1.54) is 0 Å². The Morgan fingerprint density at radius 3 is 2.86 bits per heavy atom. The smallest absolute Gasteiger partial charge is 0.259 e. The van der Waals surface area contributed by atoms with Gasteiger partial charge in [-0.15, -0.1) is 0 Å². The SMILES string of the molecule is CCC(=O)N[C@H]1CCCc2c1cncc2N1C(=O)c2ccc(Cl)cc2[C@H]1CC. The fourth-order valence-corrected chi connectivity index (χ4v) is 4.63. The van der Waals surface area contributed by atoms with Crippen LogP contribution in [0.25, 0.3) is 0 Å². The topological polar surface area (TPSA) is 62.3 Å². The van der Waals surface area contributed by atoms with Gasteiger partial charge in [-0.05, 0) is 60.6 Å². The van der Waals surface area contributed by atoms with Crippen LogP contribution in [0.5, 0.6) is 0 Å². The van der Waals surface area contributed by atoms with Crippen molar-refractivity contribution in [1.82, 2.24) is 10.3 Å². The maximum atomic E-state index is 13.3. The number of benzene rings is 1. The van der Waals surface area contributed by atoms with Gasteiger partial charge in [0.05, 0.1) is 24.0 Å². The Bertz CT molecular complexity index is 943. The number of halogens is 1. The minimum Gasteiger partial charge on any atom is -0.349 e. The van der Waals surface area contributed by atoms with Crippen molar-refractivity contribution in [2.45, 2.75) is 58.0 Å². The zero-order valence-electron chi connectivity index (χ0n) is 16.2. The second-order valence-electron chi connectivity index (χ2n) is 7.42. The molecule has 28 heavy (non-hydrogen) atoms. The van der Waals surface area contributed by atoms with Crippen molar-refractivity contribution in [3.63, 3.8) is 0 Å². The van der Waals surface area contributed by atoms with E-state index in [0.717, 1.165) is 48.1 Å². The summed E-state index contributed by atoms with van der Waals surface area (Å²) in [4.78, 5) is 31.5. The highest BCUT2D eigenvalue weighted by molar-refractivity contribution is 6.31. The van der Waals surface area contributed by atoms with Crippen LogP contribution in [-0.4, -0.2) is 16.8 Å². The lowest BCUT2D eigenvalue weighted by atomic mass is 9.87. The van der Waals surface area contributed by atoms with Crippen LogP contribution in [0.1, 0.15) is 78.7 Å². The first-order valence-electron chi connectivity index (χ1n) is 9.94. The molecule has 0 unspecified atom stereocenters. The lowest BCUT2D eigenvalue weighted by Crippen LogP contribution is -2.33. The fourth-order valence-electron chi connectivity index (χ4n) is 4.45. The number of nitrogens with one attached hydrogen (secondary N) is 1. The van der Waals surface area contributed by atoms with Gasteiger partial charge >= 0.3 is 0 Å². The van der Waals surface area contributed by atoms with Crippen LogP contribution >= 0.6 is 11.6 Å². The molecule has 2 amide bonds. The molecule has 5 nitrogen and oxygen atoms in total. The molecule has 6 heteroatoms. The molecule has 0 saturated heterocycles. The normalized spacial score (nSPS) is 20.7. The van der Waals surface area contributed by atoms with Gasteiger partial charge in [-0.25, -0.2) is 0 Å². The van der Waals surface area contributed by atoms with Gasteiger partial charge in [0.25, 0.3) is 5.91 Å². The molecule has 0 radical (unpaired) electrons. The second-order valence-corrected chi connectivity index (χ2v) is 7.86. The van der Waals surface area contributed by atoms with E-state index in [4.69, 9.17) is 11.6 Å². The number of fused-ring (bicyclic) bond motifs is 2. The molecule has 0 bridgehead atoms.